The minimum Gasteiger partial charge on any atom is -0.454 e. The molecule has 0 aromatic heterocycles. The molecule has 1 aromatic rings. The average Bonchev–Trinajstić information content (AvgIpc) is 3.24. The summed E-state index contributed by atoms with van der Waals surface area (Å²) < 4.78 is 11.3. The first-order valence-corrected chi connectivity index (χ1v) is 10.0. The number of carbonyl (C=O) groups excluding carboxylic acids is 1. The smallest absolute Gasteiger partial charge is 0.231 e. The van der Waals surface area contributed by atoms with Crippen LogP contribution in [-0.2, 0) is 4.79 Å². The van der Waals surface area contributed by atoms with Crippen molar-refractivity contribution >= 4 is 11.6 Å². The molecular weight excluding hydrogens is 328 g/mol. The van der Waals surface area contributed by atoms with E-state index < -0.39 is 0 Å². The SMILES string of the molecule is CCCC12CCC3(C(CC)c4cc5c(cc4N3C(=O)C1)OCO5)C2NC. The molecule has 1 saturated heterocycles. The monoisotopic (exact) mass is 356 g/mol. The lowest BCUT2D eigenvalue weighted by molar-refractivity contribution is -0.125. The molecule has 140 valence electrons. The lowest BCUT2D eigenvalue weighted by atomic mass is 9.66. The molecule has 5 rings (SSSR count). The van der Waals surface area contributed by atoms with Gasteiger partial charge in [0.05, 0.1) is 11.2 Å². The maximum atomic E-state index is 13.4. The molecule has 5 nitrogen and oxygen atoms in total. The number of rotatable bonds is 4. The first kappa shape index (κ1) is 16.4. The quantitative estimate of drug-likeness (QED) is 0.896. The number of fused-ring (bicyclic) bond motifs is 4. The number of hydrogen-bond donors (Lipinski definition) is 1. The van der Waals surface area contributed by atoms with Gasteiger partial charge in [0.25, 0.3) is 0 Å². The predicted molar refractivity (Wildman–Crippen MR) is 99.9 cm³/mol. The highest BCUT2D eigenvalue weighted by Gasteiger charge is 2.69. The Kier molecular flexibility index (Phi) is 3.40. The highest BCUT2D eigenvalue weighted by molar-refractivity contribution is 6.01. The third-order valence-corrected chi connectivity index (χ3v) is 7.49. The number of nitrogens with zero attached hydrogens (tertiary/aromatic N) is 1. The van der Waals surface area contributed by atoms with Gasteiger partial charge in [0, 0.05) is 24.4 Å². The van der Waals surface area contributed by atoms with Crippen LogP contribution in [-0.4, -0.2) is 31.3 Å². The van der Waals surface area contributed by atoms with Crippen molar-refractivity contribution in [3.05, 3.63) is 17.7 Å². The van der Waals surface area contributed by atoms with Gasteiger partial charge in [0.15, 0.2) is 11.5 Å². The van der Waals surface area contributed by atoms with E-state index in [-0.39, 0.29) is 17.7 Å². The molecule has 1 saturated carbocycles. The standard InChI is InChI=1S/C21H28N2O3/c1-4-6-20-7-8-21(19(20)22-3)14(5-2)13-9-16-17(26-12-25-16)10-15(13)23(21)18(24)11-20/h9-10,14,19,22H,4-8,11-12H2,1-3H3. The van der Waals surface area contributed by atoms with Crippen LogP contribution in [0.2, 0.25) is 0 Å². The number of likely N-dealkylation sites (N-methyl/N-ethyl adjacent to an activating group) is 1. The fourth-order valence-electron chi connectivity index (χ4n) is 6.88. The molecule has 1 N–H and O–H groups in total. The first-order chi connectivity index (χ1) is 12.6. The van der Waals surface area contributed by atoms with Crippen molar-refractivity contribution in [2.24, 2.45) is 5.41 Å². The van der Waals surface area contributed by atoms with E-state index in [0.717, 1.165) is 49.3 Å². The Morgan fingerprint density at radius 3 is 2.69 bits per heavy atom. The molecule has 4 unspecified atom stereocenters. The Hall–Kier alpha value is -1.75. The van der Waals surface area contributed by atoms with Gasteiger partial charge in [-0.15, -0.1) is 0 Å². The number of nitrogens with one attached hydrogen (secondary N) is 1. The minimum absolute atomic E-state index is 0.0995. The van der Waals surface area contributed by atoms with Crippen molar-refractivity contribution in [3.63, 3.8) is 0 Å². The van der Waals surface area contributed by atoms with Crippen LogP contribution in [0.4, 0.5) is 5.69 Å². The normalized spacial score (nSPS) is 36.4. The van der Waals surface area contributed by atoms with Gasteiger partial charge >= 0.3 is 0 Å². The molecule has 4 atom stereocenters. The summed E-state index contributed by atoms with van der Waals surface area (Å²) in [6, 6.07) is 4.52. The van der Waals surface area contributed by atoms with E-state index in [1.165, 1.54) is 5.56 Å². The zero-order chi connectivity index (χ0) is 18.1. The summed E-state index contributed by atoms with van der Waals surface area (Å²) >= 11 is 0. The summed E-state index contributed by atoms with van der Waals surface area (Å²) in [6.45, 7) is 4.76. The Morgan fingerprint density at radius 1 is 1.23 bits per heavy atom. The fraction of sp³-hybridized carbons (Fsp3) is 0.667. The zero-order valence-electron chi connectivity index (χ0n) is 15.9. The van der Waals surface area contributed by atoms with Crippen molar-refractivity contribution in [1.82, 2.24) is 5.32 Å². The lowest BCUT2D eigenvalue weighted by Crippen LogP contribution is -2.68. The van der Waals surface area contributed by atoms with Gasteiger partial charge in [-0.05, 0) is 49.8 Å². The second-order valence-corrected chi connectivity index (χ2v) is 8.46. The number of ether oxygens (including phenoxy) is 2. The summed E-state index contributed by atoms with van der Waals surface area (Å²) in [5.74, 6) is 2.23. The highest BCUT2D eigenvalue weighted by atomic mass is 16.7. The van der Waals surface area contributed by atoms with Crippen LogP contribution in [0.5, 0.6) is 11.5 Å². The van der Waals surface area contributed by atoms with Crippen molar-refractivity contribution < 1.29 is 14.3 Å². The molecule has 2 bridgehead atoms. The van der Waals surface area contributed by atoms with Crippen molar-refractivity contribution in [1.29, 1.82) is 0 Å². The number of amides is 1. The van der Waals surface area contributed by atoms with Crippen molar-refractivity contribution in [2.75, 3.05) is 18.7 Å². The maximum absolute atomic E-state index is 13.4. The molecule has 1 spiro atoms. The largest absolute Gasteiger partial charge is 0.454 e. The summed E-state index contributed by atoms with van der Waals surface area (Å²) in [5, 5.41) is 3.67. The van der Waals surface area contributed by atoms with Crippen LogP contribution in [0.25, 0.3) is 0 Å². The van der Waals surface area contributed by atoms with Crippen LogP contribution < -0.4 is 19.7 Å². The summed E-state index contributed by atoms with van der Waals surface area (Å²) in [6.07, 6.45) is 6.13. The van der Waals surface area contributed by atoms with Gasteiger partial charge in [-0.3, -0.25) is 4.79 Å². The molecule has 1 aromatic carbocycles. The maximum Gasteiger partial charge on any atom is 0.231 e. The van der Waals surface area contributed by atoms with Crippen LogP contribution in [0.15, 0.2) is 12.1 Å². The molecule has 3 aliphatic heterocycles. The van der Waals surface area contributed by atoms with E-state index >= 15 is 0 Å². The number of hydrogen-bond acceptors (Lipinski definition) is 4. The molecular formula is C21H28N2O3. The zero-order valence-corrected chi connectivity index (χ0v) is 15.9. The van der Waals surface area contributed by atoms with Gasteiger partial charge in [0.1, 0.15) is 0 Å². The third kappa shape index (κ3) is 1.73. The summed E-state index contributed by atoms with van der Waals surface area (Å²) in [5.41, 5.74) is 2.27. The molecule has 1 amide bonds. The van der Waals surface area contributed by atoms with E-state index in [9.17, 15) is 4.79 Å². The summed E-state index contributed by atoms with van der Waals surface area (Å²) in [7, 11) is 2.08. The van der Waals surface area contributed by atoms with E-state index in [0.29, 0.717) is 24.3 Å². The summed E-state index contributed by atoms with van der Waals surface area (Å²) in [4.78, 5) is 15.6. The van der Waals surface area contributed by atoms with Crippen molar-refractivity contribution in [2.45, 2.75) is 69.9 Å². The van der Waals surface area contributed by atoms with E-state index in [1.54, 1.807) is 0 Å². The number of anilines is 1. The van der Waals surface area contributed by atoms with Crippen LogP contribution in [0, 0.1) is 5.41 Å². The molecule has 0 radical (unpaired) electrons. The average molecular weight is 356 g/mol. The van der Waals surface area contributed by atoms with Gasteiger partial charge in [-0.1, -0.05) is 20.3 Å². The van der Waals surface area contributed by atoms with E-state index in [1.807, 2.05) is 6.07 Å². The topological polar surface area (TPSA) is 50.8 Å². The second-order valence-electron chi connectivity index (χ2n) is 8.46. The number of piperidine rings is 1. The Labute approximate surface area is 155 Å². The number of carbonyl (C=O) groups is 1. The molecule has 5 heteroatoms. The van der Waals surface area contributed by atoms with Crippen LogP contribution in [0.1, 0.15) is 63.9 Å². The minimum atomic E-state index is -0.147. The molecule has 4 aliphatic rings. The predicted octanol–water partition coefficient (Wildman–Crippen LogP) is 3.57. The number of benzene rings is 1. The van der Waals surface area contributed by atoms with Crippen LogP contribution in [0.3, 0.4) is 0 Å². The Balaban J connectivity index is 1.71. The lowest BCUT2D eigenvalue weighted by Gasteiger charge is -2.52. The Bertz CT molecular complexity index is 779. The Morgan fingerprint density at radius 2 is 2.00 bits per heavy atom. The molecule has 3 heterocycles. The van der Waals surface area contributed by atoms with Crippen LogP contribution >= 0.6 is 0 Å². The first-order valence-electron chi connectivity index (χ1n) is 10.0. The molecule has 2 fully saturated rings. The van der Waals surface area contributed by atoms with Gasteiger partial charge in [-0.25, -0.2) is 0 Å². The van der Waals surface area contributed by atoms with Gasteiger partial charge in [-0.2, -0.15) is 0 Å². The van der Waals surface area contributed by atoms with Gasteiger partial charge in [0.2, 0.25) is 12.7 Å². The third-order valence-electron chi connectivity index (χ3n) is 7.49. The molecule has 26 heavy (non-hydrogen) atoms. The van der Waals surface area contributed by atoms with E-state index in [4.69, 9.17) is 9.47 Å². The van der Waals surface area contributed by atoms with Gasteiger partial charge < -0.3 is 19.7 Å². The second kappa shape index (κ2) is 5.38. The van der Waals surface area contributed by atoms with Crippen molar-refractivity contribution in [3.8, 4) is 11.5 Å². The highest BCUT2D eigenvalue weighted by Crippen LogP contribution is 2.66. The van der Waals surface area contributed by atoms with E-state index in [2.05, 4.69) is 37.2 Å². The molecule has 1 aliphatic carbocycles. The fourth-order valence-corrected chi connectivity index (χ4v) is 6.88.